The molecule has 0 unspecified atom stereocenters. The van der Waals surface area contributed by atoms with Gasteiger partial charge in [-0.3, -0.25) is 9.59 Å². The van der Waals surface area contributed by atoms with Gasteiger partial charge in [0.25, 0.3) is 0 Å². The van der Waals surface area contributed by atoms with Gasteiger partial charge >= 0.3 is 0 Å². The summed E-state index contributed by atoms with van der Waals surface area (Å²) >= 11 is 0. The lowest BCUT2D eigenvalue weighted by molar-refractivity contribution is -0.122. The Morgan fingerprint density at radius 1 is 1.06 bits per heavy atom. The molecule has 1 N–H and O–H groups in total. The molecule has 1 aromatic rings. The summed E-state index contributed by atoms with van der Waals surface area (Å²) in [4.78, 5) is 23.9. The first-order chi connectivity index (χ1) is 8.75. The molecule has 1 aliphatic carbocycles. The van der Waals surface area contributed by atoms with Crippen LogP contribution in [0.25, 0.3) is 0 Å². The van der Waals surface area contributed by atoms with E-state index in [9.17, 15) is 9.59 Å². The second kappa shape index (κ2) is 4.41. The number of ketones is 1. The fourth-order valence-electron chi connectivity index (χ4n) is 2.87. The lowest BCUT2D eigenvalue weighted by Crippen LogP contribution is -2.36. The van der Waals surface area contributed by atoms with Crippen molar-refractivity contribution in [2.75, 3.05) is 0 Å². The predicted molar refractivity (Wildman–Crippen MR) is 67.8 cm³/mol. The van der Waals surface area contributed by atoms with Crippen molar-refractivity contribution < 1.29 is 9.59 Å². The molecule has 0 spiro atoms. The van der Waals surface area contributed by atoms with Crippen molar-refractivity contribution >= 4 is 11.7 Å². The molecule has 1 heterocycles. The van der Waals surface area contributed by atoms with Crippen molar-refractivity contribution in [3.63, 3.8) is 0 Å². The van der Waals surface area contributed by atoms with Crippen molar-refractivity contribution in [1.82, 2.24) is 5.32 Å². The number of carbonyl (C=O) groups is 2. The maximum atomic E-state index is 12.1. The monoisotopic (exact) mass is 241 g/mol. The molecule has 3 rings (SSSR count). The van der Waals surface area contributed by atoms with Gasteiger partial charge < -0.3 is 5.32 Å². The number of carbonyl (C=O) groups excluding carboxylic acids is 2. The summed E-state index contributed by atoms with van der Waals surface area (Å²) in [6.45, 7) is 0. The quantitative estimate of drug-likeness (QED) is 0.820. The highest BCUT2D eigenvalue weighted by atomic mass is 16.2. The SMILES string of the molecule is O=C1C[C@@H](c2ccccc2)C2=C(CCCC2=O)N1. The number of amides is 1. The fourth-order valence-corrected chi connectivity index (χ4v) is 2.87. The number of Topliss-reactive ketones (excluding diaryl/α,β-unsaturated/α-hetero) is 1. The lowest BCUT2D eigenvalue weighted by atomic mass is 9.78. The maximum absolute atomic E-state index is 12.1. The van der Waals surface area contributed by atoms with E-state index in [0.717, 1.165) is 29.7 Å². The van der Waals surface area contributed by atoms with E-state index in [1.54, 1.807) is 0 Å². The molecule has 3 nitrogen and oxygen atoms in total. The summed E-state index contributed by atoms with van der Waals surface area (Å²) in [5, 5.41) is 2.87. The summed E-state index contributed by atoms with van der Waals surface area (Å²) in [5.41, 5.74) is 2.76. The van der Waals surface area contributed by atoms with E-state index >= 15 is 0 Å². The Hall–Kier alpha value is -1.90. The Morgan fingerprint density at radius 2 is 1.83 bits per heavy atom. The van der Waals surface area contributed by atoms with Gasteiger partial charge in [0.1, 0.15) is 0 Å². The summed E-state index contributed by atoms with van der Waals surface area (Å²) in [5.74, 6) is 0.171. The minimum atomic E-state index is -0.0530. The van der Waals surface area contributed by atoms with Crippen LogP contribution in [-0.4, -0.2) is 11.7 Å². The summed E-state index contributed by atoms with van der Waals surface area (Å²) in [6.07, 6.45) is 2.65. The van der Waals surface area contributed by atoms with Gasteiger partial charge in [-0.05, 0) is 18.4 Å². The van der Waals surface area contributed by atoms with E-state index in [4.69, 9.17) is 0 Å². The van der Waals surface area contributed by atoms with Gasteiger partial charge in [-0.25, -0.2) is 0 Å². The van der Waals surface area contributed by atoms with Crippen LogP contribution in [0.5, 0.6) is 0 Å². The van der Waals surface area contributed by atoms with Crippen LogP contribution >= 0.6 is 0 Å². The highest BCUT2D eigenvalue weighted by molar-refractivity contribution is 6.01. The second-order valence-electron chi connectivity index (χ2n) is 4.88. The van der Waals surface area contributed by atoms with Gasteiger partial charge in [0, 0.05) is 30.0 Å². The summed E-state index contributed by atoms with van der Waals surface area (Å²) < 4.78 is 0. The van der Waals surface area contributed by atoms with E-state index in [2.05, 4.69) is 5.32 Å². The third kappa shape index (κ3) is 1.86. The molecule has 1 amide bonds. The third-order valence-electron chi connectivity index (χ3n) is 3.69. The average molecular weight is 241 g/mol. The Kier molecular flexibility index (Phi) is 2.74. The minimum absolute atomic E-state index is 0.0253. The standard InChI is InChI=1S/C15H15NO2/c17-13-8-4-7-12-15(13)11(9-14(18)16-12)10-5-2-1-3-6-10/h1-3,5-6,11H,4,7-9H2,(H,16,18)/t11-/m0/s1. The molecule has 3 heteroatoms. The van der Waals surface area contributed by atoms with Crippen LogP contribution in [0.1, 0.15) is 37.2 Å². The molecule has 0 saturated heterocycles. The molecular weight excluding hydrogens is 226 g/mol. The van der Waals surface area contributed by atoms with Crippen molar-refractivity contribution in [1.29, 1.82) is 0 Å². The van der Waals surface area contributed by atoms with E-state index in [1.807, 2.05) is 30.3 Å². The van der Waals surface area contributed by atoms with E-state index in [-0.39, 0.29) is 17.6 Å². The number of nitrogens with one attached hydrogen (secondary N) is 1. The van der Waals surface area contributed by atoms with Crippen molar-refractivity contribution in [2.24, 2.45) is 0 Å². The number of benzene rings is 1. The van der Waals surface area contributed by atoms with Crippen molar-refractivity contribution in [2.45, 2.75) is 31.6 Å². The zero-order valence-corrected chi connectivity index (χ0v) is 10.1. The molecular formula is C15H15NO2. The van der Waals surface area contributed by atoms with Gasteiger partial charge in [-0.1, -0.05) is 30.3 Å². The summed E-state index contributed by atoms with van der Waals surface area (Å²) in [6, 6.07) is 9.85. The van der Waals surface area contributed by atoms with Crippen LogP contribution < -0.4 is 5.32 Å². The largest absolute Gasteiger partial charge is 0.329 e. The van der Waals surface area contributed by atoms with Crippen LogP contribution in [-0.2, 0) is 9.59 Å². The Morgan fingerprint density at radius 3 is 2.61 bits per heavy atom. The van der Waals surface area contributed by atoms with Gasteiger partial charge in [0.05, 0.1) is 0 Å². The van der Waals surface area contributed by atoms with Gasteiger partial charge in [-0.2, -0.15) is 0 Å². The van der Waals surface area contributed by atoms with Crippen molar-refractivity contribution in [3.8, 4) is 0 Å². The van der Waals surface area contributed by atoms with Crippen molar-refractivity contribution in [3.05, 3.63) is 47.2 Å². The van der Waals surface area contributed by atoms with Gasteiger partial charge in [-0.15, -0.1) is 0 Å². The number of hydrogen-bond acceptors (Lipinski definition) is 2. The number of allylic oxidation sites excluding steroid dienone is 2. The molecule has 1 aromatic carbocycles. The Bertz CT molecular complexity index is 531. The van der Waals surface area contributed by atoms with Crippen LogP contribution in [0.4, 0.5) is 0 Å². The molecule has 0 fully saturated rings. The smallest absolute Gasteiger partial charge is 0.225 e. The molecule has 92 valence electrons. The maximum Gasteiger partial charge on any atom is 0.225 e. The number of rotatable bonds is 1. The van der Waals surface area contributed by atoms with Crippen LogP contribution in [0.3, 0.4) is 0 Å². The van der Waals surface area contributed by atoms with E-state index < -0.39 is 0 Å². The normalized spacial score (nSPS) is 23.7. The molecule has 1 aliphatic heterocycles. The molecule has 0 radical (unpaired) electrons. The first-order valence-electron chi connectivity index (χ1n) is 6.37. The van der Waals surface area contributed by atoms with E-state index in [0.29, 0.717) is 12.8 Å². The molecule has 0 aromatic heterocycles. The zero-order valence-electron chi connectivity index (χ0n) is 10.1. The Labute approximate surface area is 106 Å². The van der Waals surface area contributed by atoms with Gasteiger partial charge in [0.2, 0.25) is 5.91 Å². The zero-order chi connectivity index (χ0) is 12.5. The molecule has 18 heavy (non-hydrogen) atoms. The fraction of sp³-hybridized carbons (Fsp3) is 0.333. The second-order valence-corrected chi connectivity index (χ2v) is 4.88. The lowest BCUT2D eigenvalue weighted by Gasteiger charge is -2.31. The highest BCUT2D eigenvalue weighted by Gasteiger charge is 2.34. The molecule has 2 aliphatic rings. The van der Waals surface area contributed by atoms with Crippen LogP contribution in [0.15, 0.2) is 41.6 Å². The highest BCUT2D eigenvalue weighted by Crippen LogP contribution is 2.37. The number of hydrogen-bond donors (Lipinski definition) is 1. The summed E-state index contributed by atoms with van der Waals surface area (Å²) in [7, 11) is 0. The van der Waals surface area contributed by atoms with Crippen LogP contribution in [0.2, 0.25) is 0 Å². The topological polar surface area (TPSA) is 46.2 Å². The Balaban J connectivity index is 2.07. The van der Waals surface area contributed by atoms with Crippen LogP contribution in [0, 0.1) is 0 Å². The predicted octanol–water partition coefficient (Wildman–Crippen LogP) is 2.30. The van der Waals surface area contributed by atoms with Gasteiger partial charge in [0.15, 0.2) is 5.78 Å². The first-order valence-corrected chi connectivity index (χ1v) is 6.37. The molecule has 0 saturated carbocycles. The molecule has 1 atom stereocenters. The third-order valence-corrected chi connectivity index (χ3v) is 3.69. The molecule has 0 bridgehead atoms. The van der Waals surface area contributed by atoms with E-state index in [1.165, 1.54) is 0 Å². The first kappa shape index (κ1) is 11.2. The average Bonchev–Trinajstić information content (AvgIpc) is 2.39. The minimum Gasteiger partial charge on any atom is -0.329 e.